The highest BCUT2D eigenvalue weighted by Crippen LogP contribution is 2.33. The van der Waals surface area contributed by atoms with Crippen molar-refractivity contribution in [3.63, 3.8) is 0 Å². The van der Waals surface area contributed by atoms with Crippen LogP contribution in [0.15, 0.2) is 66.7 Å². The van der Waals surface area contributed by atoms with Gasteiger partial charge in [-0.15, -0.1) is 0 Å². The van der Waals surface area contributed by atoms with E-state index >= 15 is 0 Å². The van der Waals surface area contributed by atoms with Crippen LogP contribution >= 0.6 is 23.2 Å². The van der Waals surface area contributed by atoms with E-state index in [0.29, 0.717) is 21.8 Å². The summed E-state index contributed by atoms with van der Waals surface area (Å²) in [7, 11) is 0. The third-order valence-corrected chi connectivity index (χ3v) is 3.45. The van der Waals surface area contributed by atoms with Crippen LogP contribution in [0.3, 0.4) is 0 Å². The number of ether oxygens (including phenoxy) is 1. The lowest BCUT2D eigenvalue weighted by Gasteiger charge is -2.09. The fraction of sp³-hybridized carbons (Fsp3) is 0. The molecule has 0 atom stereocenters. The highest BCUT2D eigenvalue weighted by atomic mass is 35.5. The predicted octanol–water partition coefficient (Wildman–Crippen LogP) is 5.85. The largest absolute Gasteiger partial charge is 0.437 e. The van der Waals surface area contributed by atoms with Crippen molar-refractivity contribution in [2.45, 2.75) is 0 Å². The van der Waals surface area contributed by atoms with Crippen LogP contribution in [-0.2, 0) is 0 Å². The third kappa shape index (κ3) is 3.35. The number of pyridine rings is 1. The standard InChI is InChI=1S/C17H11Cl2NO/c18-14-11-13(12-5-2-1-3-6-12)9-10-15(14)21-17-8-4-7-16(19)20-17/h1-11H. The number of hydrogen-bond donors (Lipinski definition) is 0. The van der Waals surface area contributed by atoms with Crippen molar-refractivity contribution in [1.82, 2.24) is 4.98 Å². The van der Waals surface area contributed by atoms with E-state index in [1.807, 2.05) is 48.5 Å². The zero-order valence-corrected chi connectivity index (χ0v) is 12.5. The van der Waals surface area contributed by atoms with Crippen molar-refractivity contribution in [1.29, 1.82) is 0 Å². The molecule has 3 rings (SSSR count). The van der Waals surface area contributed by atoms with Gasteiger partial charge in [0.15, 0.2) is 0 Å². The van der Waals surface area contributed by atoms with Crippen molar-refractivity contribution in [2.75, 3.05) is 0 Å². The zero-order chi connectivity index (χ0) is 14.7. The molecule has 2 nitrogen and oxygen atoms in total. The molecule has 0 aliphatic heterocycles. The molecule has 0 aliphatic rings. The molecule has 1 heterocycles. The topological polar surface area (TPSA) is 22.1 Å². The molecule has 0 saturated heterocycles. The van der Waals surface area contributed by atoms with Crippen LogP contribution in [0.25, 0.3) is 11.1 Å². The molecule has 4 heteroatoms. The van der Waals surface area contributed by atoms with Gasteiger partial charge in [-0.3, -0.25) is 0 Å². The van der Waals surface area contributed by atoms with Gasteiger partial charge in [0.1, 0.15) is 10.9 Å². The molecule has 0 spiro atoms. The number of rotatable bonds is 3. The van der Waals surface area contributed by atoms with E-state index in [-0.39, 0.29) is 0 Å². The summed E-state index contributed by atoms with van der Waals surface area (Å²) in [6.45, 7) is 0. The average molecular weight is 316 g/mol. The van der Waals surface area contributed by atoms with Gasteiger partial charge in [-0.05, 0) is 29.3 Å². The molecular formula is C17H11Cl2NO. The Hall–Kier alpha value is -2.03. The summed E-state index contributed by atoms with van der Waals surface area (Å²) in [5.74, 6) is 0.961. The lowest BCUT2D eigenvalue weighted by Crippen LogP contribution is -1.89. The summed E-state index contributed by atoms with van der Waals surface area (Å²) in [5, 5.41) is 0.905. The van der Waals surface area contributed by atoms with Crippen molar-refractivity contribution in [3.05, 3.63) is 76.9 Å². The summed E-state index contributed by atoms with van der Waals surface area (Å²) in [4.78, 5) is 4.07. The Morgan fingerprint density at radius 1 is 0.762 bits per heavy atom. The van der Waals surface area contributed by atoms with Gasteiger partial charge in [0.05, 0.1) is 5.02 Å². The van der Waals surface area contributed by atoms with Crippen molar-refractivity contribution in [2.24, 2.45) is 0 Å². The first-order valence-corrected chi connectivity index (χ1v) is 7.13. The Morgan fingerprint density at radius 2 is 1.57 bits per heavy atom. The number of benzene rings is 2. The van der Waals surface area contributed by atoms with Crippen LogP contribution in [-0.4, -0.2) is 4.98 Å². The van der Waals surface area contributed by atoms with Crippen LogP contribution in [0.1, 0.15) is 0 Å². The zero-order valence-electron chi connectivity index (χ0n) is 11.0. The third-order valence-electron chi connectivity index (χ3n) is 2.94. The highest BCUT2D eigenvalue weighted by molar-refractivity contribution is 6.32. The number of hydrogen-bond acceptors (Lipinski definition) is 2. The molecule has 0 aliphatic carbocycles. The van der Waals surface area contributed by atoms with Crippen molar-refractivity contribution >= 4 is 23.2 Å². The SMILES string of the molecule is Clc1cccc(Oc2ccc(-c3ccccc3)cc2Cl)n1. The van der Waals surface area contributed by atoms with Crippen molar-refractivity contribution < 1.29 is 4.74 Å². The van der Waals surface area contributed by atoms with E-state index in [9.17, 15) is 0 Å². The minimum Gasteiger partial charge on any atom is -0.437 e. The molecule has 21 heavy (non-hydrogen) atoms. The Bertz CT molecular complexity index is 760. The molecule has 0 unspecified atom stereocenters. The molecule has 0 N–H and O–H groups in total. The molecule has 3 aromatic rings. The van der Waals surface area contributed by atoms with Gasteiger partial charge in [-0.2, -0.15) is 0 Å². The lowest BCUT2D eigenvalue weighted by molar-refractivity contribution is 0.463. The highest BCUT2D eigenvalue weighted by Gasteiger charge is 2.07. The smallest absolute Gasteiger partial charge is 0.220 e. The maximum Gasteiger partial charge on any atom is 0.220 e. The molecule has 0 amide bonds. The first-order valence-electron chi connectivity index (χ1n) is 6.38. The number of nitrogens with zero attached hydrogens (tertiary/aromatic N) is 1. The maximum atomic E-state index is 6.28. The van der Waals surface area contributed by atoms with Crippen LogP contribution in [0.4, 0.5) is 0 Å². The number of halogens is 2. The molecule has 1 aromatic heterocycles. The predicted molar refractivity (Wildman–Crippen MR) is 86.2 cm³/mol. The van der Waals surface area contributed by atoms with Gasteiger partial charge in [0.2, 0.25) is 5.88 Å². The van der Waals surface area contributed by atoms with Crippen LogP contribution in [0.2, 0.25) is 10.2 Å². The van der Waals surface area contributed by atoms with Gasteiger partial charge in [-0.25, -0.2) is 4.98 Å². The molecule has 0 bridgehead atoms. The van der Waals surface area contributed by atoms with E-state index in [0.717, 1.165) is 11.1 Å². The molecule has 2 aromatic carbocycles. The summed E-state index contributed by atoms with van der Waals surface area (Å²) in [6.07, 6.45) is 0. The minimum absolute atomic E-state index is 0.379. The lowest BCUT2D eigenvalue weighted by atomic mass is 10.1. The van der Waals surface area contributed by atoms with Gasteiger partial charge in [-0.1, -0.05) is 65.7 Å². The average Bonchev–Trinajstić information content (AvgIpc) is 2.50. The Labute approximate surface area is 132 Å². The Morgan fingerprint density at radius 3 is 2.29 bits per heavy atom. The van der Waals surface area contributed by atoms with E-state index in [4.69, 9.17) is 27.9 Å². The molecular weight excluding hydrogens is 305 g/mol. The fourth-order valence-electron chi connectivity index (χ4n) is 1.95. The van der Waals surface area contributed by atoms with Gasteiger partial charge in [0, 0.05) is 6.07 Å². The second-order valence-corrected chi connectivity index (χ2v) is 5.21. The molecule has 0 fully saturated rings. The van der Waals surface area contributed by atoms with Crippen LogP contribution in [0.5, 0.6) is 11.6 Å². The maximum absolute atomic E-state index is 6.28. The summed E-state index contributed by atoms with van der Waals surface area (Å²) in [5.41, 5.74) is 2.14. The summed E-state index contributed by atoms with van der Waals surface area (Å²) in [6, 6.07) is 20.9. The molecule has 104 valence electrons. The Kier molecular flexibility index (Phi) is 4.09. The van der Waals surface area contributed by atoms with Gasteiger partial charge >= 0.3 is 0 Å². The van der Waals surface area contributed by atoms with Crippen molar-refractivity contribution in [3.8, 4) is 22.8 Å². The summed E-state index contributed by atoms with van der Waals surface area (Å²) >= 11 is 12.1. The Balaban J connectivity index is 1.88. The van der Waals surface area contributed by atoms with Gasteiger partial charge in [0.25, 0.3) is 0 Å². The second-order valence-electron chi connectivity index (χ2n) is 4.41. The number of aromatic nitrogens is 1. The quantitative estimate of drug-likeness (QED) is 0.566. The fourth-order valence-corrected chi connectivity index (χ4v) is 2.33. The molecule has 0 radical (unpaired) electrons. The first kappa shape index (κ1) is 13.9. The summed E-state index contributed by atoms with van der Waals surface area (Å²) < 4.78 is 5.65. The second kappa shape index (κ2) is 6.17. The van der Waals surface area contributed by atoms with Gasteiger partial charge < -0.3 is 4.74 Å². The van der Waals surface area contributed by atoms with Crippen LogP contribution in [0, 0.1) is 0 Å². The molecule has 0 saturated carbocycles. The van der Waals surface area contributed by atoms with Crippen LogP contribution < -0.4 is 4.74 Å². The first-order chi connectivity index (χ1) is 10.2. The van der Waals surface area contributed by atoms with E-state index in [1.54, 1.807) is 18.2 Å². The minimum atomic E-state index is 0.379. The van der Waals surface area contributed by atoms with E-state index in [2.05, 4.69) is 4.98 Å². The monoisotopic (exact) mass is 315 g/mol. The van der Waals surface area contributed by atoms with E-state index < -0.39 is 0 Å². The van der Waals surface area contributed by atoms with E-state index in [1.165, 1.54) is 0 Å². The normalized spacial score (nSPS) is 10.4.